The van der Waals surface area contributed by atoms with Crippen LogP contribution in [0.2, 0.25) is 0 Å². The van der Waals surface area contributed by atoms with Gasteiger partial charge in [0.05, 0.1) is 16.8 Å². The van der Waals surface area contributed by atoms with Crippen molar-refractivity contribution in [3.8, 4) is 0 Å². The van der Waals surface area contributed by atoms with E-state index in [2.05, 4.69) is 28.8 Å². The first kappa shape index (κ1) is 15.4. The third-order valence-corrected chi connectivity index (χ3v) is 4.59. The van der Waals surface area contributed by atoms with Crippen molar-refractivity contribution in [3.63, 3.8) is 0 Å². The minimum Gasteiger partial charge on any atom is -0.341 e. The molecule has 0 saturated carbocycles. The Bertz CT molecular complexity index is 1080. The van der Waals surface area contributed by atoms with Crippen molar-refractivity contribution in [2.45, 2.75) is 20.4 Å². The van der Waals surface area contributed by atoms with Crippen LogP contribution >= 0.6 is 0 Å². The largest absolute Gasteiger partial charge is 0.341 e. The third-order valence-electron chi connectivity index (χ3n) is 4.59. The molecule has 25 heavy (non-hydrogen) atoms. The number of likely N-dealkylation sites (N-methyl/N-ethyl adjacent to an activating group) is 1. The molecule has 1 aliphatic heterocycles. The summed E-state index contributed by atoms with van der Waals surface area (Å²) in [6.07, 6.45) is 0. The van der Waals surface area contributed by atoms with Crippen molar-refractivity contribution < 1.29 is 14.4 Å². The number of hydrogen-bond acceptors (Lipinski definition) is 4. The Morgan fingerprint density at radius 1 is 1.16 bits per heavy atom. The summed E-state index contributed by atoms with van der Waals surface area (Å²) in [5.41, 5.74) is 3.56. The number of rotatable bonds is 2. The highest BCUT2D eigenvalue weighted by molar-refractivity contribution is 6.55. The number of anilines is 1. The van der Waals surface area contributed by atoms with Crippen molar-refractivity contribution in [2.75, 3.05) is 11.9 Å². The summed E-state index contributed by atoms with van der Waals surface area (Å²) in [4.78, 5) is 30.2. The van der Waals surface area contributed by atoms with Crippen LogP contribution in [0.1, 0.15) is 24.2 Å². The van der Waals surface area contributed by atoms with Gasteiger partial charge in [-0.1, -0.05) is 23.4 Å². The quantitative estimate of drug-likeness (QED) is 0.532. The zero-order valence-electron chi connectivity index (χ0n) is 14.2. The predicted octanol–water partition coefficient (Wildman–Crippen LogP) is 3.32. The van der Waals surface area contributed by atoms with Crippen molar-refractivity contribution in [3.05, 3.63) is 42.0 Å². The van der Waals surface area contributed by atoms with Crippen LogP contribution in [0, 0.1) is 0 Å². The second-order valence-corrected chi connectivity index (χ2v) is 6.00. The van der Waals surface area contributed by atoms with Crippen LogP contribution in [0.3, 0.4) is 0 Å². The topological polar surface area (TPSA) is 63.9 Å². The molecule has 1 aliphatic rings. The van der Waals surface area contributed by atoms with E-state index < -0.39 is 5.97 Å². The maximum Gasteiger partial charge on any atom is 0.332 e. The van der Waals surface area contributed by atoms with E-state index in [0.29, 0.717) is 5.56 Å². The number of oxime groups is 1. The van der Waals surface area contributed by atoms with Crippen LogP contribution in [-0.4, -0.2) is 29.2 Å². The van der Waals surface area contributed by atoms with E-state index >= 15 is 0 Å². The number of Topliss-reactive ketones (excluding diaryl/α,β-unsaturated/α-hetero) is 1. The first-order valence-electron chi connectivity index (χ1n) is 8.12. The first-order valence-corrected chi connectivity index (χ1v) is 8.12. The van der Waals surface area contributed by atoms with Crippen LogP contribution < -0.4 is 4.90 Å². The fourth-order valence-electron chi connectivity index (χ4n) is 3.58. The Hall–Kier alpha value is -3.15. The Morgan fingerprint density at radius 2 is 1.92 bits per heavy atom. The highest BCUT2D eigenvalue weighted by Gasteiger charge is 2.35. The summed E-state index contributed by atoms with van der Waals surface area (Å²) in [7, 11) is 1.77. The van der Waals surface area contributed by atoms with Crippen molar-refractivity contribution in [1.29, 1.82) is 0 Å². The molecule has 1 aromatic heterocycles. The molecule has 0 saturated heterocycles. The minimum atomic E-state index is -0.558. The molecule has 4 rings (SSSR count). The lowest BCUT2D eigenvalue weighted by molar-refractivity contribution is -0.140. The predicted molar refractivity (Wildman–Crippen MR) is 97.1 cm³/mol. The standard InChI is InChI=1S/C19H17N3O3/c1-4-22-14-8-6-5-7-12(14)16-15(22)10-9-13-17(16)21(3)19(18(13)24)20-25-11(2)23/h5-10H,4H2,1-3H3/b20-19-. The minimum absolute atomic E-state index is 0.117. The van der Waals surface area contributed by atoms with Crippen LogP contribution in [-0.2, 0) is 16.2 Å². The van der Waals surface area contributed by atoms with Gasteiger partial charge in [0, 0.05) is 36.8 Å². The van der Waals surface area contributed by atoms with E-state index in [4.69, 9.17) is 4.84 Å². The Morgan fingerprint density at radius 3 is 2.64 bits per heavy atom. The Kier molecular flexibility index (Phi) is 3.35. The van der Waals surface area contributed by atoms with Gasteiger partial charge in [0.15, 0.2) is 0 Å². The smallest absolute Gasteiger partial charge is 0.332 e. The SMILES string of the molecule is CCn1c2ccccc2c2c3c(ccc21)C(=O)/C(=N/OC(C)=O)N3C. The number of ketones is 1. The van der Waals surface area contributed by atoms with E-state index in [0.717, 1.165) is 34.0 Å². The summed E-state index contributed by atoms with van der Waals surface area (Å²) < 4.78 is 2.23. The molecule has 3 aromatic rings. The first-order chi connectivity index (χ1) is 12.0. The normalized spacial score (nSPS) is 15.4. The van der Waals surface area contributed by atoms with Crippen LogP contribution in [0.4, 0.5) is 5.69 Å². The molecule has 0 fully saturated rings. The van der Waals surface area contributed by atoms with Crippen molar-refractivity contribution in [2.24, 2.45) is 5.16 Å². The van der Waals surface area contributed by atoms with Crippen LogP contribution in [0.15, 0.2) is 41.6 Å². The molecule has 0 aliphatic carbocycles. The Labute approximate surface area is 144 Å². The molecule has 0 bridgehead atoms. The van der Waals surface area contributed by atoms with Gasteiger partial charge in [0.25, 0.3) is 0 Å². The lowest BCUT2D eigenvalue weighted by Crippen LogP contribution is -2.26. The summed E-state index contributed by atoms with van der Waals surface area (Å²) >= 11 is 0. The third kappa shape index (κ3) is 2.07. The maximum atomic E-state index is 12.7. The molecule has 2 heterocycles. The fraction of sp³-hybridized carbons (Fsp3) is 0.211. The number of nitrogens with zero attached hydrogens (tertiary/aromatic N) is 3. The van der Waals surface area contributed by atoms with E-state index in [9.17, 15) is 9.59 Å². The lowest BCUT2D eigenvalue weighted by atomic mass is 10.1. The summed E-state index contributed by atoms with van der Waals surface area (Å²) in [6, 6.07) is 11.9. The van der Waals surface area contributed by atoms with E-state index in [-0.39, 0.29) is 11.6 Å². The lowest BCUT2D eigenvalue weighted by Gasteiger charge is -2.13. The number of aromatic nitrogens is 1. The number of benzene rings is 2. The van der Waals surface area contributed by atoms with Gasteiger partial charge in [-0.2, -0.15) is 0 Å². The molecular weight excluding hydrogens is 318 g/mol. The second-order valence-electron chi connectivity index (χ2n) is 6.00. The molecule has 0 unspecified atom stereocenters. The van der Waals surface area contributed by atoms with Gasteiger partial charge in [-0.05, 0) is 25.1 Å². The van der Waals surface area contributed by atoms with Gasteiger partial charge in [0.2, 0.25) is 11.6 Å². The van der Waals surface area contributed by atoms with E-state index in [1.165, 1.54) is 6.92 Å². The molecular formula is C19H17N3O3. The molecule has 2 aromatic carbocycles. The van der Waals surface area contributed by atoms with Gasteiger partial charge in [0.1, 0.15) is 0 Å². The number of carbonyl (C=O) groups is 2. The van der Waals surface area contributed by atoms with Crippen LogP contribution in [0.5, 0.6) is 0 Å². The van der Waals surface area contributed by atoms with Crippen LogP contribution in [0.25, 0.3) is 21.8 Å². The molecule has 0 amide bonds. The van der Waals surface area contributed by atoms with Gasteiger partial charge < -0.3 is 14.3 Å². The van der Waals surface area contributed by atoms with E-state index in [1.54, 1.807) is 11.9 Å². The molecule has 126 valence electrons. The zero-order chi connectivity index (χ0) is 17.7. The number of aryl methyl sites for hydroxylation is 1. The monoisotopic (exact) mass is 335 g/mol. The van der Waals surface area contributed by atoms with E-state index in [1.807, 2.05) is 24.3 Å². The number of carbonyl (C=O) groups excluding carboxylic acids is 2. The van der Waals surface area contributed by atoms with Crippen molar-refractivity contribution >= 4 is 45.1 Å². The average molecular weight is 335 g/mol. The van der Waals surface area contributed by atoms with Gasteiger partial charge in [-0.3, -0.25) is 4.79 Å². The second kappa shape index (κ2) is 5.44. The summed E-state index contributed by atoms with van der Waals surface area (Å²) in [5, 5.41) is 5.85. The number of amidine groups is 1. The molecule has 0 spiro atoms. The zero-order valence-corrected chi connectivity index (χ0v) is 14.2. The number of hydrogen-bond donors (Lipinski definition) is 0. The van der Waals surface area contributed by atoms with Gasteiger partial charge in [-0.15, -0.1) is 0 Å². The van der Waals surface area contributed by atoms with Crippen molar-refractivity contribution in [1.82, 2.24) is 4.57 Å². The maximum absolute atomic E-state index is 12.7. The number of fused-ring (bicyclic) bond motifs is 5. The van der Waals surface area contributed by atoms with Gasteiger partial charge >= 0.3 is 5.97 Å². The molecule has 6 heteroatoms. The highest BCUT2D eigenvalue weighted by Crippen LogP contribution is 2.41. The summed E-state index contributed by atoms with van der Waals surface area (Å²) in [6.45, 7) is 4.18. The number of para-hydroxylation sites is 1. The molecule has 0 N–H and O–H groups in total. The fourth-order valence-corrected chi connectivity index (χ4v) is 3.58. The highest BCUT2D eigenvalue weighted by atomic mass is 16.7. The molecule has 0 atom stereocenters. The van der Waals surface area contributed by atoms with Gasteiger partial charge in [-0.25, -0.2) is 4.79 Å². The molecule has 6 nitrogen and oxygen atoms in total. The average Bonchev–Trinajstić information content (AvgIpc) is 3.05. The molecule has 0 radical (unpaired) electrons. The Balaban J connectivity index is 2.05. The summed E-state index contributed by atoms with van der Waals surface area (Å²) in [5.74, 6) is -0.683.